The first-order chi connectivity index (χ1) is 20.7. The number of benzene rings is 3. The van der Waals surface area contributed by atoms with Crippen LogP contribution in [0.3, 0.4) is 0 Å². The smallest absolute Gasteiger partial charge is 0.404 e. The number of piperidine rings is 1. The number of amides is 2. The van der Waals surface area contributed by atoms with Gasteiger partial charge in [-0.05, 0) is 79.6 Å². The molecule has 0 unspecified atom stereocenters. The Morgan fingerprint density at radius 1 is 1.12 bits per heavy atom. The number of methoxy groups -OCH3 is 1. The maximum Gasteiger partial charge on any atom is 0.404 e. The molecule has 43 heavy (non-hydrogen) atoms. The predicted molar refractivity (Wildman–Crippen MR) is 170 cm³/mol. The molecule has 1 aliphatic heterocycles. The van der Waals surface area contributed by atoms with E-state index in [4.69, 9.17) is 21.4 Å². The lowest BCUT2D eigenvalue weighted by Gasteiger charge is -2.44. The number of halogens is 1. The lowest BCUT2D eigenvalue weighted by molar-refractivity contribution is -0.0563. The van der Waals surface area contributed by atoms with E-state index in [9.17, 15) is 14.7 Å². The summed E-state index contributed by atoms with van der Waals surface area (Å²) in [6, 6.07) is 19.3. The second-order valence-electron chi connectivity index (χ2n) is 11.1. The van der Waals surface area contributed by atoms with Crippen molar-refractivity contribution < 1.29 is 24.5 Å². The minimum atomic E-state index is -1.37. The summed E-state index contributed by atoms with van der Waals surface area (Å²) >= 11 is 6.85. The second kappa shape index (κ2) is 14.7. The van der Waals surface area contributed by atoms with E-state index in [2.05, 4.69) is 29.7 Å². The molecule has 1 saturated heterocycles. The van der Waals surface area contributed by atoms with Gasteiger partial charge in [0, 0.05) is 42.7 Å². The number of carboxylic acid groups (broad SMARTS) is 1. The van der Waals surface area contributed by atoms with E-state index in [1.54, 1.807) is 18.1 Å². The van der Waals surface area contributed by atoms with Crippen molar-refractivity contribution >= 4 is 23.6 Å². The molecular weight excluding hydrogens is 566 g/mol. The third-order valence-corrected chi connectivity index (χ3v) is 8.69. The minimum absolute atomic E-state index is 0.144. The van der Waals surface area contributed by atoms with Gasteiger partial charge in [0.25, 0.3) is 5.91 Å². The maximum absolute atomic E-state index is 13.9. The van der Waals surface area contributed by atoms with Crippen molar-refractivity contribution in [1.29, 1.82) is 0 Å². The van der Waals surface area contributed by atoms with Gasteiger partial charge in [-0.2, -0.15) is 0 Å². The SMILES string of the molecule is CCc1cccc(-c2c(Cl)cccc2[C@](O)(CCCNC(=O)O)[C@@H]2CCCN(C(=O)c3ccc(CNC)cc3OC)C2)c1. The Morgan fingerprint density at radius 3 is 2.63 bits per heavy atom. The number of likely N-dealkylation sites (tertiary alicyclic amines) is 1. The third-order valence-electron chi connectivity index (χ3n) is 8.38. The van der Waals surface area contributed by atoms with Gasteiger partial charge in [0.1, 0.15) is 5.75 Å². The number of nitrogens with zero attached hydrogens (tertiary/aromatic N) is 1. The van der Waals surface area contributed by atoms with Gasteiger partial charge in [-0.15, -0.1) is 0 Å². The number of hydrogen-bond acceptors (Lipinski definition) is 5. The number of nitrogens with one attached hydrogen (secondary N) is 2. The molecule has 0 spiro atoms. The highest BCUT2D eigenvalue weighted by molar-refractivity contribution is 6.33. The van der Waals surface area contributed by atoms with Crippen LogP contribution < -0.4 is 15.4 Å². The van der Waals surface area contributed by atoms with Crippen LogP contribution in [0.1, 0.15) is 59.7 Å². The highest BCUT2D eigenvalue weighted by Crippen LogP contribution is 2.46. The van der Waals surface area contributed by atoms with Crippen LogP contribution >= 0.6 is 11.6 Å². The molecule has 0 aromatic heterocycles. The number of carbonyl (C=O) groups is 2. The van der Waals surface area contributed by atoms with Gasteiger partial charge < -0.3 is 30.5 Å². The summed E-state index contributed by atoms with van der Waals surface area (Å²) in [6.07, 6.45) is 1.88. The van der Waals surface area contributed by atoms with Crippen molar-refractivity contribution in [3.63, 3.8) is 0 Å². The molecule has 2 amide bonds. The fraction of sp³-hybridized carbons (Fsp3) is 0.412. The number of carbonyl (C=O) groups excluding carboxylic acids is 1. The molecule has 1 aliphatic rings. The van der Waals surface area contributed by atoms with E-state index in [-0.39, 0.29) is 18.4 Å². The fourth-order valence-electron chi connectivity index (χ4n) is 6.19. The van der Waals surface area contributed by atoms with Gasteiger partial charge in [-0.25, -0.2) is 4.79 Å². The molecule has 1 fully saturated rings. The number of aryl methyl sites for hydroxylation is 1. The largest absolute Gasteiger partial charge is 0.496 e. The Bertz CT molecular complexity index is 1430. The van der Waals surface area contributed by atoms with Crippen molar-refractivity contribution in [3.8, 4) is 16.9 Å². The predicted octanol–water partition coefficient (Wildman–Crippen LogP) is 6.09. The Labute approximate surface area is 259 Å². The molecule has 2 atom stereocenters. The van der Waals surface area contributed by atoms with Crippen molar-refractivity contribution in [2.75, 3.05) is 33.8 Å². The average Bonchev–Trinajstić information content (AvgIpc) is 3.02. The maximum atomic E-state index is 13.9. The molecule has 4 rings (SSSR count). The molecular formula is C34H42ClN3O5. The van der Waals surface area contributed by atoms with Gasteiger partial charge in [0.05, 0.1) is 18.3 Å². The summed E-state index contributed by atoms with van der Waals surface area (Å²) in [6.45, 7) is 3.85. The molecule has 0 saturated carbocycles. The molecule has 230 valence electrons. The molecule has 9 heteroatoms. The zero-order valence-electron chi connectivity index (χ0n) is 25.2. The van der Waals surface area contributed by atoms with Crippen LogP contribution in [0.2, 0.25) is 5.02 Å². The topological polar surface area (TPSA) is 111 Å². The van der Waals surface area contributed by atoms with E-state index in [1.165, 1.54) is 0 Å². The molecule has 3 aromatic carbocycles. The van der Waals surface area contributed by atoms with Gasteiger partial charge in [-0.3, -0.25) is 4.79 Å². The average molecular weight is 608 g/mol. The van der Waals surface area contributed by atoms with Crippen LogP contribution in [-0.4, -0.2) is 60.9 Å². The Kier molecular flexibility index (Phi) is 11.1. The number of rotatable bonds is 12. The van der Waals surface area contributed by atoms with Gasteiger partial charge in [-0.1, -0.05) is 61.0 Å². The quantitative estimate of drug-likeness (QED) is 0.186. The first kappa shape index (κ1) is 32.3. The molecule has 8 nitrogen and oxygen atoms in total. The fourth-order valence-corrected chi connectivity index (χ4v) is 6.47. The van der Waals surface area contributed by atoms with Crippen LogP contribution in [0.4, 0.5) is 4.79 Å². The molecule has 1 heterocycles. The van der Waals surface area contributed by atoms with Crippen LogP contribution in [0.15, 0.2) is 60.7 Å². The molecule has 0 bridgehead atoms. The Balaban J connectivity index is 1.72. The van der Waals surface area contributed by atoms with Gasteiger partial charge in [0.2, 0.25) is 0 Å². The monoisotopic (exact) mass is 607 g/mol. The van der Waals surface area contributed by atoms with Gasteiger partial charge >= 0.3 is 6.09 Å². The summed E-state index contributed by atoms with van der Waals surface area (Å²) in [5.41, 5.74) is 3.64. The van der Waals surface area contributed by atoms with Crippen LogP contribution in [0.25, 0.3) is 11.1 Å². The zero-order chi connectivity index (χ0) is 31.0. The summed E-state index contributed by atoms with van der Waals surface area (Å²) < 4.78 is 5.60. The van der Waals surface area contributed by atoms with E-state index < -0.39 is 11.7 Å². The normalized spacial score (nSPS) is 16.4. The van der Waals surface area contributed by atoms with Crippen molar-refractivity contribution in [3.05, 3.63) is 87.9 Å². The molecule has 3 aromatic rings. The molecule has 0 aliphatic carbocycles. The highest BCUT2D eigenvalue weighted by Gasteiger charge is 2.43. The number of hydrogen-bond donors (Lipinski definition) is 4. The standard InChI is InChI=1S/C34H42ClN3O5/c1-4-23-9-5-10-25(19-23)31-28(12-6-13-29(31)35)34(42,16-8-17-37-33(40)41)26-11-7-18-38(22-26)32(39)27-15-14-24(21-36-2)20-30(27)43-3/h5-6,9-10,12-15,19-20,26,36-37,42H,4,7-8,11,16-18,21-22H2,1-3H3,(H,40,41)/t26-,34+/m1/s1. The second-order valence-corrected chi connectivity index (χ2v) is 11.5. The summed E-state index contributed by atoms with van der Waals surface area (Å²) in [7, 11) is 3.43. The first-order valence-electron chi connectivity index (χ1n) is 14.9. The number of ether oxygens (including phenoxy) is 1. The van der Waals surface area contributed by atoms with E-state index in [0.29, 0.717) is 67.2 Å². The van der Waals surface area contributed by atoms with Crippen LogP contribution in [0.5, 0.6) is 5.75 Å². The van der Waals surface area contributed by atoms with Crippen LogP contribution in [0, 0.1) is 5.92 Å². The van der Waals surface area contributed by atoms with Crippen molar-refractivity contribution in [1.82, 2.24) is 15.5 Å². The summed E-state index contributed by atoms with van der Waals surface area (Å²) in [4.78, 5) is 26.8. The highest BCUT2D eigenvalue weighted by atomic mass is 35.5. The Hall–Kier alpha value is -3.59. The summed E-state index contributed by atoms with van der Waals surface area (Å²) in [5.74, 6) is 0.0633. The van der Waals surface area contributed by atoms with Crippen molar-refractivity contribution in [2.45, 2.75) is 51.2 Å². The van der Waals surface area contributed by atoms with Crippen molar-refractivity contribution in [2.24, 2.45) is 5.92 Å². The molecule has 0 radical (unpaired) electrons. The molecule has 4 N–H and O–H groups in total. The Morgan fingerprint density at radius 2 is 1.91 bits per heavy atom. The lowest BCUT2D eigenvalue weighted by Crippen LogP contribution is -2.48. The minimum Gasteiger partial charge on any atom is -0.496 e. The number of aliphatic hydroxyl groups is 1. The summed E-state index contributed by atoms with van der Waals surface area (Å²) in [5, 5.41) is 27.9. The van der Waals surface area contributed by atoms with E-state index >= 15 is 0 Å². The zero-order valence-corrected chi connectivity index (χ0v) is 25.9. The van der Waals surface area contributed by atoms with E-state index in [0.717, 1.165) is 28.7 Å². The lowest BCUT2D eigenvalue weighted by atomic mass is 9.72. The van der Waals surface area contributed by atoms with E-state index in [1.807, 2.05) is 49.5 Å². The third kappa shape index (κ3) is 7.50. The van der Waals surface area contributed by atoms with Gasteiger partial charge in [0.15, 0.2) is 0 Å². The van der Waals surface area contributed by atoms with Crippen LogP contribution in [-0.2, 0) is 18.6 Å². The first-order valence-corrected chi connectivity index (χ1v) is 15.3.